The van der Waals surface area contributed by atoms with Crippen molar-refractivity contribution in [3.8, 4) is 0 Å². The fraction of sp³-hybridized carbons (Fsp3) is 1.00. The standard InChI is InChI=1S/C13H25NO2/c1-11(12-5-8-15-9-6-12)14-10-13-4-2-3-7-16-13/h11-14H,2-10H2,1H3. The molecule has 0 radical (unpaired) electrons. The molecule has 2 atom stereocenters. The van der Waals surface area contributed by atoms with Crippen LogP contribution in [0.4, 0.5) is 0 Å². The maximum absolute atomic E-state index is 5.73. The quantitative estimate of drug-likeness (QED) is 0.796. The largest absolute Gasteiger partial charge is 0.381 e. The zero-order valence-corrected chi connectivity index (χ0v) is 10.4. The normalized spacial score (nSPS) is 30.2. The first-order chi connectivity index (χ1) is 7.86. The van der Waals surface area contributed by atoms with Gasteiger partial charge in [-0.25, -0.2) is 0 Å². The van der Waals surface area contributed by atoms with Crippen molar-refractivity contribution in [2.45, 2.75) is 51.2 Å². The Morgan fingerprint density at radius 3 is 2.62 bits per heavy atom. The van der Waals surface area contributed by atoms with Gasteiger partial charge in [-0.2, -0.15) is 0 Å². The van der Waals surface area contributed by atoms with E-state index in [1.807, 2.05) is 0 Å². The molecule has 0 aromatic heterocycles. The Kier molecular flexibility index (Phi) is 5.07. The second kappa shape index (κ2) is 6.58. The second-order valence-corrected chi connectivity index (χ2v) is 5.14. The molecule has 3 heteroatoms. The monoisotopic (exact) mass is 227 g/mol. The summed E-state index contributed by atoms with van der Waals surface area (Å²) in [5.41, 5.74) is 0. The van der Waals surface area contributed by atoms with Gasteiger partial charge in [0.05, 0.1) is 6.10 Å². The summed E-state index contributed by atoms with van der Waals surface area (Å²) in [4.78, 5) is 0. The summed E-state index contributed by atoms with van der Waals surface area (Å²) in [5.74, 6) is 0.789. The Labute approximate surface area is 98.9 Å². The summed E-state index contributed by atoms with van der Waals surface area (Å²) in [5, 5.41) is 3.64. The van der Waals surface area contributed by atoms with Gasteiger partial charge in [0, 0.05) is 32.4 Å². The third kappa shape index (κ3) is 3.72. The lowest BCUT2D eigenvalue weighted by molar-refractivity contribution is 0.0110. The molecule has 2 aliphatic heterocycles. The van der Waals surface area contributed by atoms with Gasteiger partial charge in [0.2, 0.25) is 0 Å². The lowest BCUT2D eigenvalue weighted by atomic mass is 9.93. The minimum Gasteiger partial charge on any atom is -0.381 e. The van der Waals surface area contributed by atoms with Crippen molar-refractivity contribution >= 4 is 0 Å². The lowest BCUT2D eigenvalue weighted by Crippen LogP contribution is -2.41. The predicted octanol–water partition coefficient (Wildman–Crippen LogP) is 1.96. The van der Waals surface area contributed by atoms with Crippen LogP contribution >= 0.6 is 0 Å². The number of ether oxygens (including phenoxy) is 2. The van der Waals surface area contributed by atoms with E-state index < -0.39 is 0 Å². The maximum atomic E-state index is 5.73. The van der Waals surface area contributed by atoms with Crippen LogP contribution in [0.2, 0.25) is 0 Å². The number of rotatable bonds is 4. The molecule has 2 rings (SSSR count). The number of hydrogen-bond acceptors (Lipinski definition) is 3. The highest BCUT2D eigenvalue weighted by Gasteiger charge is 2.21. The van der Waals surface area contributed by atoms with Crippen LogP contribution in [0.25, 0.3) is 0 Å². The van der Waals surface area contributed by atoms with E-state index in [1.165, 1.54) is 32.1 Å². The molecule has 2 saturated heterocycles. The third-order valence-electron chi connectivity index (χ3n) is 3.91. The van der Waals surface area contributed by atoms with E-state index in [9.17, 15) is 0 Å². The Morgan fingerprint density at radius 2 is 1.94 bits per heavy atom. The van der Waals surface area contributed by atoms with E-state index in [1.54, 1.807) is 0 Å². The average molecular weight is 227 g/mol. The Bertz CT molecular complexity index is 186. The maximum Gasteiger partial charge on any atom is 0.0699 e. The Hall–Kier alpha value is -0.120. The molecule has 0 amide bonds. The minimum atomic E-state index is 0.455. The van der Waals surface area contributed by atoms with Crippen LogP contribution in [-0.4, -0.2) is 38.5 Å². The molecule has 2 unspecified atom stereocenters. The van der Waals surface area contributed by atoms with Crippen LogP contribution in [0, 0.1) is 5.92 Å². The molecule has 0 bridgehead atoms. The van der Waals surface area contributed by atoms with Crippen LogP contribution in [-0.2, 0) is 9.47 Å². The highest BCUT2D eigenvalue weighted by molar-refractivity contribution is 4.77. The van der Waals surface area contributed by atoms with Gasteiger partial charge in [0.25, 0.3) is 0 Å². The summed E-state index contributed by atoms with van der Waals surface area (Å²) in [6.45, 7) is 6.17. The first-order valence-corrected chi connectivity index (χ1v) is 6.79. The molecule has 2 aliphatic rings. The molecular formula is C13H25NO2. The van der Waals surface area contributed by atoms with Gasteiger partial charge in [-0.05, 0) is 44.9 Å². The molecule has 0 aliphatic carbocycles. The van der Waals surface area contributed by atoms with Crippen molar-refractivity contribution in [2.24, 2.45) is 5.92 Å². The minimum absolute atomic E-state index is 0.455. The van der Waals surface area contributed by atoms with Gasteiger partial charge < -0.3 is 14.8 Å². The fourth-order valence-electron chi connectivity index (χ4n) is 2.67. The summed E-state index contributed by atoms with van der Waals surface area (Å²) in [6, 6.07) is 0.606. The highest BCUT2D eigenvalue weighted by atomic mass is 16.5. The first-order valence-electron chi connectivity index (χ1n) is 6.79. The van der Waals surface area contributed by atoms with Crippen molar-refractivity contribution in [3.63, 3.8) is 0 Å². The van der Waals surface area contributed by atoms with E-state index in [4.69, 9.17) is 9.47 Å². The summed E-state index contributed by atoms with van der Waals surface area (Å²) in [7, 11) is 0. The predicted molar refractivity (Wildman–Crippen MR) is 64.6 cm³/mol. The first kappa shape index (κ1) is 12.3. The molecule has 94 valence electrons. The van der Waals surface area contributed by atoms with Crippen LogP contribution < -0.4 is 5.32 Å². The Morgan fingerprint density at radius 1 is 1.12 bits per heavy atom. The van der Waals surface area contributed by atoms with Crippen LogP contribution in [0.3, 0.4) is 0 Å². The smallest absolute Gasteiger partial charge is 0.0699 e. The fourth-order valence-corrected chi connectivity index (χ4v) is 2.67. The molecule has 0 aromatic rings. The van der Waals surface area contributed by atoms with E-state index in [-0.39, 0.29) is 0 Å². The van der Waals surface area contributed by atoms with Gasteiger partial charge >= 0.3 is 0 Å². The van der Waals surface area contributed by atoms with Crippen molar-refractivity contribution in [1.29, 1.82) is 0 Å². The molecule has 0 aromatic carbocycles. The lowest BCUT2D eigenvalue weighted by Gasteiger charge is -2.30. The summed E-state index contributed by atoms with van der Waals surface area (Å²) < 4.78 is 11.1. The Balaban J connectivity index is 1.63. The third-order valence-corrected chi connectivity index (χ3v) is 3.91. The van der Waals surface area contributed by atoms with Gasteiger partial charge in [-0.1, -0.05) is 0 Å². The van der Waals surface area contributed by atoms with Crippen molar-refractivity contribution < 1.29 is 9.47 Å². The van der Waals surface area contributed by atoms with Crippen LogP contribution in [0.15, 0.2) is 0 Å². The van der Waals surface area contributed by atoms with Gasteiger partial charge in [-0.3, -0.25) is 0 Å². The molecule has 16 heavy (non-hydrogen) atoms. The van der Waals surface area contributed by atoms with Crippen LogP contribution in [0.5, 0.6) is 0 Å². The summed E-state index contributed by atoms with van der Waals surface area (Å²) >= 11 is 0. The molecular weight excluding hydrogens is 202 g/mol. The van der Waals surface area contributed by atoms with Gasteiger partial charge in [0.15, 0.2) is 0 Å². The van der Waals surface area contributed by atoms with Gasteiger partial charge in [-0.15, -0.1) is 0 Å². The van der Waals surface area contributed by atoms with Crippen LogP contribution in [0.1, 0.15) is 39.0 Å². The molecule has 2 fully saturated rings. The van der Waals surface area contributed by atoms with Gasteiger partial charge in [0.1, 0.15) is 0 Å². The van der Waals surface area contributed by atoms with E-state index in [0.29, 0.717) is 12.1 Å². The summed E-state index contributed by atoms with van der Waals surface area (Å²) in [6.07, 6.45) is 6.67. The SMILES string of the molecule is CC(NCC1CCCCO1)C1CCOCC1. The zero-order valence-electron chi connectivity index (χ0n) is 10.4. The number of hydrogen-bond donors (Lipinski definition) is 1. The van der Waals surface area contributed by atoms with E-state index in [2.05, 4.69) is 12.2 Å². The molecule has 2 heterocycles. The van der Waals surface area contributed by atoms with E-state index >= 15 is 0 Å². The molecule has 1 N–H and O–H groups in total. The van der Waals surface area contributed by atoms with Crippen molar-refractivity contribution in [3.05, 3.63) is 0 Å². The molecule has 3 nitrogen and oxygen atoms in total. The highest BCUT2D eigenvalue weighted by Crippen LogP contribution is 2.19. The average Bonchev–Trinajstić information content (AvgIpc) is 2.38. The van der Waals surface area contributed by atoms with Crippen molar-refractivity contribution in [2.75, 3.05) is 26.4 Å². The number of nitrogens with one attached hydrogen (secondary N) is 1. The van der Waals surface area contributed by atoms with E-state index in [0.717, 1.165) is 32.3 Å². The molecule has 0 spiro atoms. The second-order valence-electron chi connectivity index (χ2n) is 5.14. The zero-order chi connectivity index (χ0) is 11.2. The topological polar surface area (TPSA) is 30.5 Å². The molecule has 0 saturated carbocycles. The van der Waals surface area contributed by atoms with Crippen molar-refractivity contribution in [1.82, 2.24) is 5.32 Å².